The minimum atomic E-state index is -0.556. The summed E-state index contributed by atoms with van der Waals surface area (Å²) >= 11 is -0.556. The topological polar surface area (TPSA) is 14.1 Å². The predicted molar refractivity (Wildman–Crippen MR) is 91.2 cm³/mol. The van der Waals surface area contributed by atoms with E-state index in [1.165, 1.54) is 38.5 Å². The number of fused-ring (bicyclic) bond motifs is 1. The van der Waals surface area contributed by atoms with Gasteiger partial charge in [0.05, 0.1) is 0 Å². The van der Waals surface area contributed by atoms with Crippen molar-refractivity contribution in [1.82, 2.24) is 0 Å². The molecule has 0 heterocycles. The van der Waals surface area contributed by atoms with E-state index < -0.39 is 17.0 Å². The van der Waals surface area contributed by atoms with Crippen molar-refractivity contribution in [3.8, 4) is 0 Å². The Morgan fingerprint density at radius 1 is 1.24 bits per heavy atom. The van der Waals surface area contributed by atoms with E-state index in [4.69, 9.17) is 23.9 Å². The third kappa shape index (κ3) is 6.03. The van der Waals surface area contributed by atoms with Crippen molar-refractivity contribution in [2.24, 2.45) is 17.8 Å². The first-order valence-electron chi connectivity index (χ1n) is 7.74. The number of allylic oxidation sites excluding steroid dienone is 3. The molecule has 0 aromatic rings. The van der Waals surface area contributed by atoms with E-state index in [0.717, 1.165) is 24.3 Å². The summed E-state index contributed by atoms with van der Waals surface area (Å²) in [5.41, 5.74) is 1.62. The molecule has 3 aliphatic rings. The SMILES string of the molecule is C[C@H]1CC2C=CC=C(C[N-]C3CCCC3)C2C1.[CH3-].[Cl][Ti][Cl]. The van der Waals surface area contributed by atoms with E-state index in [1.54, 1.807) is 5.57 Å². The van der Waals surface area contributed by atoms with E-state index in [2.05, 4.69) is 25.2 Å². The summed E-state index contributed by atoms with van der Waals surface area (Å²) in [4.78, 5) is 0. The Labute approximate surface area is 147 Å². The Kier molecular flexibility index (Phi) is 9.89. The van der Waals surface area contributed by atoms with Gasteiger partial charge in [-0.25, -0.2) is 0 Å². The van der Waals surface area contributed by atoms with Crippen LogP contribution in [0.15, 0.2) is 23.8 Å². The molecule has 2 fully saturated rings. The van der Waals surface area contributed by atoms with Crippen molar-refractivity contribution in [2.75, 3.05) is 6.54 Å². The fraction of sp³-hybridized carbons (Fsp3) is 0.706. The molecule has 0 spiro atoms. The van der Waals surface area contributed by atoms with Crippen LogP contribution >= 0.6 is 18.6 Å². The molecule has 0 N–H and O–H groups in total. The second-order valence-corrected chi connectivity index (χ2v) is 8.90. The molecule has 4 heteroatoms. The summed E-state index contributed by atoms with van der Waals surface area (Å²) in [5, 5.41) is 4.93. The van der Waals surface area contributed by atoms with E-state index in [9.17, 15) is 0 Å². The fourth-order valence-corrected chi connectivity index (χ4v) is 3.91. The Hall–Kier alpha value is 0.734. The van der Waals surface area contributed by atoms with Gasteiger partial charge in [0, 0.05) is 0 Å². The molecular weight excluding hydrogens is 337 g/mol. The Morgan fingerprint density at radius 2 is 1.90 bits per heavy atom. The van der Waals surface area contributed by atoms with Gasteiger partial charge in [0.1, 0.15) is 0 Å². The molecule has 3 rings (SSSR count). The molecule has 2 saturated carbocycles. The van der Waals surface area contributed by atoms with Crippen molar-refractivity contribution in [2.45, 2.75) is 51.5 Å². The molecule has 0 amide bonds. The second kappa shape index (κ2) is 10.5. The first kappa shape index (κ1) is 19.8. The zero-order valence-corrected chi connectivity index (χ0v) is 16.3. The molecule has 0 aliphatic heterocycles. The van der Waals surface area contributed by atoms with Crippen LogP contribution in [0.2, 0.25) is 0 Å². The molecule has 3 atom stereocenters. The van der Waals surface area contributed by atoms with Crippen LogP contribution in [0, 0.1) is 25.2 Å². The monoisotopic (exact) mass is 363 g/mol. The molecule has 1 nitrogen and oxygen atoms in total. The third-order valence-corrected chi connectivity index (χ3v) is 4.85. The van der Waals surface area contributed by atoms with Gasteiger partial charge in [-0.3, -0.25) is 0 Å². The first-order valence-corrected chi connectivity index (χ1v) is 12.0. The summed E-state index contributed by atoms with van der Waals surface area (Å²) in [6, 6.07) is 0.680. The molecule has 0 aromatic carbocycles. The van der Waals surface area contributed by atoms with Crippen molar-refractivity contribution < 1.29 is 17.0 Å². The van der Waals surface area contributed by atoms with E-state index in [-0.39, 0.29) is 7.43 Å². The van der Waals surface area contributed by atoms with Gasteiger partial charge >= 0.3 is 35.6 Å². The first-order chi connectivity index (χ1) is 9.74. The number of nitrogens with zero attached hydrogens (tertiary/aromatic N) is 1. The summed E-state index contributed by atoms with van der Waals surface area (Å²) in [6.45, 7) is 3.42. The van der Waals surface area contributed by atoms with Crippen molar-refractivity contribution in [3.05, 3.63) is 36.5 Å². The number of hydrogen-bond acceptors (Lipinski definition) is 0. The van der Waals surface area contributed by atoms with Gasteiger partial charge in [0.2, 0.25) is 0 Å². The number of halogens is 2. The summed E-state index contributed by atoms with van der Waals surface area (Å²) in [5.74, 6) is 2.55. The Bertz CT molecular complexity index is 351. The Balaban J connectivity index is 0.000000510. The average molecular weight is 364 g/mol. The van der Waals surface area contributed by atoms with Crippen LogP contribution in [0.5, 0.6) is 0 Å². The van der Waals surface area contributed by atoms with Crippen LogP contribution in [-0.4, -0.2) is 12.6 Å². The van der Waals surface area contributed by atoms with E-state index >= 15 is 0 Å². The van der Waals surface area contributed by atoms with Gasteiger partial charge in [-0.1, -0.05) is 56.4 Å². The molecule has 21 heavy (non-hydrogen) atoms. The summed E-state index contributed by atoms with van der Waals surface area (Å²) in [6.07, 6.45) is 15.3. The molecular formula is C17H27Cl2NTi-2. The van der Waals surface area contributed by atoms with Gasteiger partial charge in [-0.2, -0.15) is 0 Å². The van der Waals surface area contributed by atoms with E-state index in [1.807, 2.05) is 0 Å². The van der Waals surface area contributed by atoms with Crippen LogP contribution in [0.1, 0.15) is 45.4 Å². The Morgan fingerprint density at radius 3 is 2.57 bits per heavy atom. The number of hydrogen-bond donors (Lipinski definition) is 0. The van der Waals surface area contributed by atoms with Gasteiger partial charge < -0.3 is 12.7 Å². The maximum atomic E-state index is 4.93. The van der Waals surface area contributed by atoms with Crippen molar-refractivity contribution in [1.29, 1.82) is 0 Å². The van der Waals surface area contributed by atoms with Crippen LogP contribution < -0.4 is 0 Å². The molecule has 3 aliphatic carbocycles. The maximum absolute atomic E-state index is 4.93. The molecule has 2 unspecified atom stereocenters. The van der Waals surface area contributed by atoms with Gasteiger partial charge in [0.15, 0.2) is 0 Å². The second-order valence-electron chi connectivity index (χ2n) is 6.32. The molecule has 0 radical (unpaired) electrons. The molecule has 0 saturated heterocycles. The zero-order chi connectivity index (χ0) is 14.4. The van der Waals surface area contributed by atoms with Gasteiger partial charge in [-0.15, -0.1) is 12.6 Å². The average Bonchev–Trinajstić information content (AvgIpc) is 3.05. The quantitative estimate of drug-likeness (QED) is 0.413. The standard InChI is InChI=1S/C16H24N.CH3.2ClH.Ti/c1-12-9-13-5-4-6-14(16(13)10-12)11-17-15-7-2-3-8-15;;;;/h4-6,12-13,15-16H,2-3,7-11H2,1H3;1H3;2*1H;/q2*-1;;;+2/p-2/t12-,13?,16?;;;;/m0..../s1. The van der Waals surface area contributed by atoms with Crippen molar-refractivity contribution >= 4 is 18.6 Å². The summed E-state index contributed by atoms with van der Waals surface area (Å²) < 4.78 is 0. The molecule has 0 bridgehead atoms. The normalized spacial score (nSPS) is 30.8. The fourth-order valence-electron chi connectivity index (χ4n) is 3.91. The van der Waals surface area contributed by atoms with Crippen LogP contribution in [-0.2, 0) is 17.0 Å². The predicted octanol–water partition coefficient (Wildman–Crippen LogP) is 6.29. The number of rotatable bonds is 3. The molecule has 120 valence electrons. The van der Waals surface area contributed by atoms with Crippen LogP contribution in [0.4, 0.5) is 0 Å². The van der Waals surface area contributed by atoms with Crippen LogP contribution in [0.3, 0.4) is 0 Å². The van der Waals surface area contributed by atoms with Gasteiger partial charge in [-0.05, 0) is 30.6 Å². The van der Waals surface area contributed by atoms with Crippen molar-refractivity contribution in [3.63, 3.8) is 0 Å². The zero-order valence-electron chi connectivity index (χ0n) is 13.2. The minimum absolute atomic E-state index is 0. The van der Waals surface area contributed by atoms with Crippen LogP contribution in [0.25, 0.3) is 5.32 Å². The summed E-state index contributed by atoms with van der Waals surface area (Å²) in [7, 11) is 9.78. The third-order valence-electron chi connectivity index (χ3n) is 4.85. The molecule has 0 aromatic heterocycles. The van der Waals surface area contributed by atoms with E-state index in [0.29, 0.717) is 6.04 Å². The van der Waals surface area contributed by atoms with Gasteiger partial charge in [0.25, 0.3) is 0 Å².